The van der Waals surface area contributed by atoms with Gasteiger partial charge in [0.1, 0.15) is 17.2 Å². The van der Waals surface area contributed by atoms with Crippen LogP contribution in [-0.4, -0.2) is 39.5 Å². The van der Waals surface area contributed by atoms with Crippen molar-refractivity contribution in [2.45, 2.75) is 50.5 Å². The van der Waals surface area contributed by atoms with Crippen LogP contribution in [0.1, 0.15) is 36.8 Å². The van der Waals surface area contributed by atoms with Gasteiger partial charge in [-0.1, -0.05) is 23.8 Å². The van der Waals surface area contributed by atoms with Crippen LogP contribution in [0, 0.1) is 43.2 Å². The van der Waals surface area contributed by atoms with Gasteiger partial charge < -0.3 is 10.4 Å². The normalized spacial score (nSPS) is 21.6. The highest BCUT2D eigenvalue weighted by Gasteiger charge is 2.47. The zero-order valence-corrected chi connectivity index (χ0v) is 24.9. The predicted octanol–water partition coefficient (Wildman–Crippen LogP) is 6.68. The lowest BCUT2D eigenvalue weighted by Gasteiger charge is -2.47. The number of nitrogens with one attached hydrogen (secondary N) is 1. The zero-order chi connectivity index (χ0) is 30.9. The number of benzene rings is 3. The number of rotatable bonds is 6. The molecule has 3 fully saturated rings. The fourth-order valence-electron chi connectivity index (χ4n) is 7.08. The maximum atomic E-state index is 15.4. The molecule has 2 bridgehead atoms. The van der Waals surface area contributed by atoms with Gasteiger partial charge in [-0.25, -0.2) is 31.1 Å². The van der Waals surface area contributed by atoms with E-state index in [1.165, 1.54) is 18.3 Å². The number of carbonyl (C=O) groups is 1. The third kappa shape index (κ3) is 4.61. The van der Waals surface area contributed by atoms with Gasteiger partial charge in [-0.05, 0) is 87.3 Å². The molecule has 2 heterocycles. The molecule has 2 unspecified atom stereocenters. The van der Waals surface area contributed by atoms with E-state index < -0.39 is 33.5 Å². The Balaban J connectivity index is 1.44. The van der Waals surface area contributed by atoms with Crippen LogP contribution in [0.25, 0.3) is 33.2 Å². The molecule has 44 heavy (non-hydrogen) atoms. The predicted molar refractivity (Wildman–Crippen MR) is 163 cm³/mol. The van der Waals surface area contributed by atoms with E-state index in [0.717, 1.165) is 46.8 Å². The van der Waals surface area contributed by atoms with Gasteiger partial charge in [-0.2, -0.15) is 0 Å². The molecule has 226 valence electrons. The van der Waals surface area contributed by atoms with E-state index in [2.05, 4.69) is 5.32 Å². The molecule has 11 heteroatoms. The summed E-state index contributed by atoms with van der Waals surface area (Å²) in [6, 6.07) is 13.1. The van der Waals surface area contributed by atoms with Crippen LogP contribution in [0.2, 0.25) is 0 Å². The quantitative estimate of drug-likeness (QED) is 0.219. The summed E-state index contributed by atoms with van der Waals surface area (Å²) in [5, 5.41) is 14.3. The van der Waals surface area contributed by atoms with Gasteiger partial charge in [0.15, 0.2) is 11.6 Å². The summed E-state index contributed by atoms with van der Waals surface area (Å²) in [6.07, 6.45) is 4.82. The van der Waals surface area contributed by atoms with Gasteiger partial charge in [-0.3, -0.25) is 4.79 Å². The van der Waals surface area contributed by atoms with Crippen LogP contribution in [0.15, 0.2) is 65.7 Å². The van der Waals surface area contributed by atoms with E-state index in [1.807, 2.05) is 32.0 Å². The van der Waals surface area contributed by atoms with E-state index in [0.29, 0.717) is 22.8 Å². The zero-order valence-electron chi connectivity index (χ0n) is 24.1. The maximum Gasteiger partial charge on any atom is 0.308 e. The van der Waals surface area contributed by atoms with Gasteiger partial charge in [0.25, 0.3) is 10.0 Å². The van der Waals surface area contributed by atoms with Gasteiger partial charge in [0.2, 0.25) is 0 Å². The Hall–Kier alpha value is -4.38. The molecule has 3 aromatic carbocycles. The summed E-state index contributed by atoms with van der Waals surface area (Å²) in [7, 11) is -4.29. The second-order valence-corrected chi connectivity index (χ2v) is 13.9. The molecule has 8 rings (SSSR count). The number of fused-ring (bicyclic) bond motifs is 5. The number of aliphatic carboxylic acids is 1. The van der Waals surface area contributed by atoms with Crippen molar-refractivity contribution >= 4 is 43.6 Å². The Kier molecular flexibility index (Phi) is 6.69. The molecule has 2 N–H and O–H groups in total. The molecule has 2 atom stereocenters. The monoisotopic (exact) mass is 616 g/mol. The number of carboxylic acid groups (broad SMARTS) is 1. The first kappa shape index (κ1) is 28.4. The summed E-state index contributed by atoms with van der Waals surface area (Å²) in [5.41, 5.74) is 2.10. The van der Waals surface area contributed by atoms with Crippen LogP contribution in [0.3, 0.4) is 0 Å². The topological polar surface area (TPSA) is 114 Å². The molecular weight excluding hydrogens is 586 g/mol. The molecule has 5 aromatic rings. The van der Waals surface area contributed by atoms with Gasteiger partial charge in [-0.15, -0.1) is 0 Å². The second kappa shape index (κ2) is 10.4. The third-order valence-electron chi connectivity index (χ3n) is 9.26. The Morgan fingerprint density at radius 1 is 0.909 bits per heavy atom. The minimum atomic E-state index is -4.29. The smallest absolute Gasteiger partial charge is 0.308 e. The summed E-state index contributed by atoms with van der Waals surface area (Å²) in [6.45, 7) is 3.73. The highest BCUT2D eigenvalue weighted by Crippen LogP contribution is 2.47. The largest absolute Gasteiger partial charge is 0.481 e. The fraction of sp³-hybridized carbons (Fsp3) is 0.303. The Bertz CT molecular complexity index is 2070. The molecule has 8 nitrogen and oxygen atoms in total. The van der Waals surface area contributed by atoms with Crippen LogP contribution in [0.5, 0.6) is 0 Å². The average molecular weight is 617 g/mol. The van der Waals surface area contributed by atoms with E-state index in [-0.39, 0.29) is 45.1 Å². The van der Waals surface area contributed by atoms with Crippen LogP contribution >= 0.6 is 0 Å². The number of aryl methyl sites for hydroxylation is 2. The van der Waals surface area contributed by atoms with Crippen molar-refractivity contribution in [2.24, 2.45) is 17.8 Å². The summed E-state index contributed by atoms with van der Waals surface area (Å²) in [5.74, 6) is -2.66. The molecule has 0 spiro atoms. The Labute approximate surface area is 252 Å². The van der Waals surface area contributed by atoms with Gasteiger partial charge in [0.05, 0.1) is 16.3 Å². The van der Waals surface area contributed by atoms with Crippen molar-refractivity contribution in [2.75, 3.05) is 5.32 Å². The first-order chi connectivity index (χ1) is 21.0. The minimum absolute atomic E-state index is 0.00345. The lowest BCUT2D eigenvalue weighted by molar-refractivity contribution is -0.148. The number of hydrogen-bond donors (Lipinski definition) is 2. The number of aromatic nitrogens is 3. The summed E-state index contributed by atoms with van der Waals surface area (Å²) >= 11 is 0. The van der Waals surface area contributed by atoms with Crippen molar-refractivity contribution in [3.05, 3.63) is 83.6 Å². The van der Waals surface area contributed by atoms with Gasteiger partial charge >= 0.3 is 5.97 Å². The van der Waals surface area contributed by atoms with Crippen LogP contribution < -0.4 is 5.32 Å². The van der Waals surface area contributed by atoms with E-state index in [4.69, 9.17) is 9.97 Å². The van der Waals surface area contributed by atoms with Crippen molar-refractivity contribution in [3.63, 3.8) is 0 Å². The molecule has 3 aliphatic carbocycles. The first-order valence-electron chi connectivity index (χ1n) is 14.6. The fourth-order valence-corrected chi connectivity index (χ4v) is 8.46. The molecule has 3 aliphatic rings. The maximum absolute atomic E-state index is 15.4. The Morgan fingerprint density at radius 3 is 2.30 bits per heavy atom. The highest BCUT2D eigenvalue weighted by atomic mass is 32.2. The van der Waals surface area contributed by atoms with Crippen molar-refractivity contribution in [1.82, 2.24) is 13.9 Å². The minimum Gasteiger partial charge on any atom is -0.481 e. The SMILES string of the molecule is Cc1ccc(S(=O)(=O)n2cc(-c3nc(NC4C5CCC(CC5)C4C(=O)O)c4ccc(C)cc4n3)c3cc(F)cc(F)c32)cc1. The average Bonchev–Trinajstić information content (AvgIpc) is 3.38. The molecule has 3 saturated carbocycles. The molecular formula is C33H30F2N4O4S. The molecule has 2 aromatic heterocycles. The van der Waals surface area contributed by atoms with Crippen molar-refractivity contribution < 1.29 is 27.1 Å². The third-order valence-corrected chi connectivity index (χ3v) is 10.9. The standard InChI is InChI=1S/C33H30F2N4O4S/c1-17-3-10-22(11-4-17)44(42,43)39-16-25(24-14-21(34)15-26(35)30(24)39)32-36-27-13-18(2)5-12-23(27)31(38-32)37-29-20-8-6-19(7-9-20)28(29)33(40)41/h3-5,10-16,19-20,28-29H,6-9H2,1-2H3,(H,40,41)(H,36,37,38). The lowest BCUT2D eigenvalue weighted by atomic mass is 9.61. The number of anilines is 1. The molecule has 0 aliphatic heterocycles. The van der Waals surface area contributed by atoms with Crippen LogP contribution in [0.4, 0.5) is 14.6 Å². The molecule has 0 saturated heterocycles. The number of nitrogens with zero attached hydrogens (tertiary/aromatic N) is 3. The van der Waals surface area contributed by atoms with Crippen molar-refractivity contribution in [1.29, 1.82) is 0 Å². The van der Waals surface area contributed by atoms with Gasteiger partial charge in [0, 0.05) is 34.6 Å². The highest BCUT2D eigenvalue weighted by molar-refractivity contribution is 7.90. The summed E-state index contributed by atoms with van der Waals surface area (Å²) in [4.78, 5) is 21.8. The Morgan fingerprint density at radius 2 is 1.59 bits per heavy atom. The second-order valence-electron chi connectivity index (χ2n) is 12.1. The molecule has 0 radical (unpaired) electrons. The van der Waals surface area contributed by atoms with E-state index >= 15 is 4.39 Å². The summed E-state index contributed by atoms with van der Waals surface area (Å²) < 4.78 is 58.5. The molecule has 0 amide bonds. The van der Waals surface area contributed by atoms with Crippen LogP contribution in [-0.2, 0) is 14.8 Å². The number of hydrogen-bond acceptors (Lipinski definition) is 6. The van der Waals surface area contributed by atoms with E-state index in [9.17, 15) is 22.7 Å². The first-order valence-corrected chi connectivity index (χ1v) is 16.1. The number of halogens is 2. The van der Waals surface area contributed by atoms with Crippen molar-refractivity contribution in [3.8, 4) is 11.4 Å². The number of carboxylic acids is 1. The lowest BCUT2D eigenvalue weighted by Crippen LogP contribution is -2.51. The van der Waals surface area contributed by atoms with E-state index in [1.54, 1.807) is 12.1 Å².